The van der Waals surface area contributed by atoms with Crippen molar-refractivity contribution >= 4 is 28.5 Å². The summed E-state index contributed by atoms with van der Waals surface area (Å²) in [7, 11) is 1.55. The van der Waals surface area contributed by atoms with E-state index in [9.17, 15) is 9.90 Å². The molecule has 0 spiro atoms. The van der Waals surface area contributed by atoms with Crippen LogP contribution in [0.1, 0.15) is 55.5 Å². The molecule has 0 aliphatic carbocycles. The molecule has 1 N–H and O–H groups in total. The smallest absolute Gasteiger partial charge is 0.273 e. The highest BCUT2D eigenvalue weighted by atomic mass is 127. The van der Waals surface area contributed by atoms with Crippen LogP contribution in [0, 0.1) is 3.57 Å². The van der Waals surface area contributed by atoms with Crippen LogP contribution in [0.3, 0.4) is 0 Å². The summed E-state index contributed by atoms with van der Waals surface area (Å²) in [5.74, 6) is 0.386. The van der Waals surface area contributed by atoms with Gasteiger partial charge in [0.15, 0.2) is 0 Å². The maximum atomic E-state index is 13.2. The van der Waals surface area contributed by atoms with Gasteiger partial charge in [0.25, 0.3) is 5.91 Å². The molecule has 7 heteroatoms. The number of hydrogen-bond acceptors (Lipinski definition) is 5. The molecule has 2 heterocycles. The molecule has 0 saturated carbocycles. The Balaban J connectivity index is 2.54. The number of pyridine rings is 2. The lowest BCUT2D eigenvalue weighted by atomic mass is 10.0. The zero-order chi connectivity index (χ0) is 19.4. The molecule has 140 valence electrons. The van der Waals surface area contributed by atoms with Gasteiger partial charge in [-0.15, -0.1) is 0 Å². The van der Waals surface area contributed by atoms with Crippen molar-refractivity contribution in [3.8, 4) is 5.75 Å². The van der Waals surface area contributed by atoms with Crippen LogP contribution in [0.4, 0.5) is 0 Å². The van der Waals surface area contributed by atoms with E-state index < -0.39 is 6.10 Å². The second kappa shape index (κ2) is 8.77. The normalized spacial score (nSPS) is 12.3. The lowest BCUT2D eigenvalue weighted by Gasteiger charge is -2.31. The predicted octanol–water partition coefficient (Wildman–Crippen LogP) is 3.43. The van der Waals surface area contributed by atoms with Crippen molar-refractivity contribution in [1.82, 2.24) is 14.9 Å². The van der Waals surface area contributed by atoms with Gasteiger partial charge in [-0.05, 0) is 62.4 Å². The van der Waals surface area contributed by atoms with Gasteiger partial charge >= 0.3 is 0 Å². The number of nitrogens with zero attached hydrogens (tertiary/aromatic N) is 3. The summed E-state index contributed by atoms with van der Waals surface area (Å²) in [6, 6.07) is 5.16. The maximum absolute atomic E-state index is 13.2. The molecular formula is C19H24IN3O3. The lowest BCUT2D eigenvalue weighted by molar-refractivity contribution is 0.0631. The third-order valence-electron chi connectivity index (χ3n) is 4.03. The van der Waals surface area contributed by atoms with E-state index in [-0.39, 0.29) is 23.7 Å². The SMILES string of the molecule is COc1ccnc(C(O)c2c(I)ccnc2C(=O)N(C(C)C)C(C)C)c1. The standard InChI is InChI=1S/C19H24IN3O3/c1-11(2)23(12(3)4)19(25)17-16(14(20)7-9-22-17)18(24)15-10-13(26-5)6-8-21-15/h6-12,18,24H,1-5H3. The predicted molar refractivity (Wildman–Crippen MR) is 108 cm³/mol. The van der Waals surface area contributed by atoms with E-state index in [1.807, 2.05) is 27.7 Å². The van der Waals surface area contributed by atoms with Crippen LogP contribution in [0.2, 0.25) is 0 Å². The van der Waals surface area contributed by atoms with Crippen LogP contribution >= 0.6 is 22.6 Å². The summed E-state index contributed by atoms with van der Waals surface area (Å²) in [6.07, 6.45) is 2.07. The fourth-order valence-corrected chi connectivity index (χ4v) is 3.63. The van der Waals surface area contributed by atoms with Crippen molar-refractivity contribution in [3.05, 3.63) is 51.1 Å². The Morgan fingerprint density at radius 2 is 1.77 bits per heavy atom. The third-order valence-corrected chi connectivity index (χ3v) is 4.97. The monoisotopic (exact) mass is 469 g/mol. The number of carbonyl (C=O) groups is 1. The van der Waals surface area contributed by atoms with Gasteiger partial charge in [-0.1, -0.05) is 0 Å². The van der Waals surface area contributed by atoms with E-state index in [4.69, 9.17) is 4.74 Å². The first kappa shape index (κ1) is 20.6. The largest absolute Gasteiger partial charge is 0.497 e. The maximum Gasteiger partial charge on any atom is 0.273 e. The minimum absolute atomic E-state index is 0.0158. The number of hydrogen-bond donors (Lipinski definition) is 1. The molecule has 6 nitrogen and oxygen atoms in total. The van der Waals surface area contributed by atoms with Crippen molar-refractivity contribution in [3.63, 3.8) is 0 Å². The molecule has 0 fully saturated rings. The molecule has 1 atom stereocenters. The third kappa shape index (κ3) is 4.32. The fraction of sp³-hybridized carbons (Fsp3) is 0.421. The molecule has 2 aromatic rings. The van der Waals surface area contributed by atoms with Gasteiger partial charge in [0, 0.05) is 39.7 Å². The van der Waals surface area contributed by atoms with Gasteiger partial charge in [0.2, 0.25) is 0 Å². The highest BCUT2D eigenvalue weighted by molar-refractivity contribution is 14.1. The molecule has 0 aromatic carbocycles. The molecule has 1 amide bonds. The molecule has 26 heavy (non-hydrogen) atoms. The number of amides is 1. The van der Waals surface area contributed by atoms with Gasteiger partial charge in [-0.2, -0.15) is 0 Å². The van der Waals surface area contributed by atoms with Gasteiger partial charge in [0.05, 0.1) is 12.8 Å². The van der Waals surface area contributed by atoms with Crippen molar-refractivity contribution in [2.75, 3.05) is 7.11 Å². The quantitative estimate of drug-likeness (QED) is 0.657. The number of carbonyl (C=O) groups excluding carboxylic acids is 1. The molecule has 2 rings (SSSR count). The Morgan fingerprint density at radius 1 is 1.15 bits per heavy atom. The number of aliphatic hydroxyl groups excluding tert-OH is 1. The van der Waals surface area contributed by atoms with Crippen LogP contribution in [-0.4, -0.2) is 45.1 Å². The summed E-state index contributed by atoms with van der Waals surface area (Å²) < 4.78 is 5.96. The number of aliphatic hydroxyl groups is 1. The number of ether oxygens (including phenoxy) is 1. The Bertz CT molecular complexity index is 772. The summed E-state index contributed by atoms with van der Waals surface area (Å²) in [5.41, 5.74) is 1.12. The highest BCUT2D eigenvalue weighted by Crippen LogP contribution is 2.30. The van der Waals surface area contributed by atoms with Crippen LogP contribution in [-0.2, 0) is 0 Å². The first-order chi connectivity index (χ1) is 12.3. The zero-order valence-electron chi connectivity index (χ0n) is 15.6. The van der Waals surface area contributed by atoms with Gasteiger partial charge in [0.1, 0.15) is 17.5 Å². The molecular weight excluding hydrogens is 445 g/mol. The molecule has 1 unspecified atom stereocenters. The molecule has 0 aliphatic rings. The summed E-state index contributed by atoms with van der Waals surface area (Å²) in [6.45, 7) is 7.86. The van der Waals surface area contributed by atoms with E-state index in [0.29, 0.717) is 17.0 Å². The lowest BCUT2D eigenvalue weighted by Crippen LogP contribution is -2.43. The zero-order valence-corrected chi connectivity index (χ0v) is 17.8. The average molecular weight is 469 g/mol. The molecule has 0 saturated heterocycles. The number of halogens is 1. The second-order valence-corrected chi connectivity index (χ2v) is 7.64. The molecule has 0 radical (unpaired) electrons. The van der Waals surface area contributed by atoms with E-state index in [1.165, 1.54) is 0 Å². The Hall–Kier alpha value is -1.74. The average Bonchev–Trinajstić information content (AvgIpc) is 2.60. The number of aromatic nitrogens is 2. The highest BCUT2D eigenvalue weighted by Gasteiger charge is 2.29. The summed E-state index contributed by atoms with van der Waals surface area (Å²) >= 11 is 2.11. The first-order valence-electron chi connectivity index (χ1n) is 8.43. The Labute approximate surface area is 167 Å². The number of methoxy groups -OCH3 is 1. The fourth-order valence-electron chi connectivity index (χ4n) is 2.92. The summed E-state index contributed by atoms with van der Waals surface area (Å²) in [5, 5.41) is 10.9. The van der Waals surface area contributed by atoms with Gasteiger partial charge in [-0.3, -0.25) is 14.8 Å². The van der Waals surface area contributed by atoms with Crippen molar-refractivity contribution < 1.29 is 14.6 Å². The van der Waals surface area contributed by atoms with Gasteiger partial charge in [-0.25, -0.2) is 0 Å². The van der Waals surface area contributed by atoms with E-state index in [0.717, 1.165) is 3.57 Å². The minimum Gasteiger partial charge on any atom is -0.497 e. The van der Waals surface area contributed by atoms with Gasteiger partial charge < -0.3 is 14.7 Å². The minimum atomic E-state index is -1.08. The van der Waals surface area contributed by atoms with Crippen LogP contribution in [0.25, 0.3) is 0 Å². The topological polar surface area (TPSA) is 75.5 Å². The molecule has 2 aromatic heterocycles. The summed E-state index contributed by atoms with van der Waals surface area (Å²) in [4.78, 5) is 23.5. The van der Waals surface area contributed by atoms with Crippen LogP contribution < -0.4 is 4.74 Å². The Morgan fingerprint density at radius 3 is 2.35 bits per heavy atom. The van der Waals surface area contributed by atoms with Crippen LogP contribution in [0.5, 0.6) is 5.75 Å². The van der Waals surface area contributed by atoms with Crippen molar-refractivity contribution in [2.45, 2.75) is 45.9 Å². The second-order valence-electron chi connectivity index (χ2n) is 6.48. The molecule has 0 aliphatic heterocycles. The van der Waals surface area contributed by atoms with E-state index >= 15 is 0 Å². The van der Waals surface area contributed by atoms with E-state index in [1.54, 1.807) is 42.6 Å². The number of rotatable bonds is 6. The molecule has 0 bridgehead atoms. The Kier molecular flexibility index (Phi) is 6.94. The van der Waals surface area contributed by atoms with E-state index in [2.05, 4.69) is 32.6 Å². The van der Waals surface area contributed by atoms with Crippen molar-refractivity contribution in [2.24, 2.45) is 0 Å². The first-order valence-corrected chi connectivity index (χ1v) is 9.50. The van der Waals surface area contributed by atoms with Crippen LogP contribution in [0.15, 0.2) is 30.6 Å². The van der Waals surface area contributed by atoms with Crippen molar-refractivity contribution in [1.29, 1.82) is 0 Å².